The molecule has 152 valence electrons. The van der Waals surface area contributed by atoms with Crippen molar-refractivity contribution in [3.8, 4) is 0 Å². The molecule has 30 heavy (non-hydrogen) atoms. The molecule has 1 aliphatic heterocycles. The van der Waals surface area contributed by atoms with Gasteiger partial charge in [0.2, 0.25) is 0 Å². The second-order valence-electron chi connectivity index (χ2n) is 7.15. The Morgan fingerprint density at radius 1 is 0.967 bits per heavy atom. The number of hydrogen-bond donors (Lipinski definition) is 1. The molecular weight excluding hydrogens is 536 g/mol. The number of nitrogens with zero attached hydrogens (tertiary/aromatic N) is 1. The van der Waals surface area contributed by atoms with Gasteiger partial charge in [-0.1, -0.05) is 47.5 Å². The zero-order chi connectivity index (χ0) is 21.5. The van der Waals surface area contributed by atoms with Crippen molar-refractivity contribution in [1.29, 1.82) is 0 Å². The van der Waals surface area contributed by atoms with Crippen molar-refractivity contribution in [3.05, 3.63) is 97.0 Å². The Hall–Kier alpha value is -1.93. The Bertz CT molecular complexity index is 1130. The number of carbonyl (C=O) groups excluding carboxylic acids is 2. The summed E-state index contributed by atoms with van der Waals surface area (Å²) in [6.45, 7) is 0.241. The SMILES string of the molecule is O=C(C[C@]1(O)C(=O)N(Cc2ccc(Cl)cc2)c2ccc(Cl)cc21)c1ccc(I)cc1. The summed E-state index contributed by atoms with van der Waals surface area (Å²) in [4.78, 5) is 27.7. The zero-order valence-corrected chi connectivity index (χ0v) is 19.3. The summed E-state index contributed by atoms with van der Waals surface area (Å²) in [7, 11) is 0. The predicted molar refractivity (Wildman–Crippen MR) is 126 cm³/mol. The van der Waals surface area contributed by atoms with Gasteiger partial charge in [-0.25, -0.2) is 0 Å². The van der Waals surface area contributed by atoms with Gasteiger partial charge in [-0.05, 0) is 70.6 Å². The Morgan fingerprint density at radius 2 is 1.60 bits per heavy atom. The van der Waals surface area contributed by atoms with Gasteiger partial charge in [0.05, 0.1) is 18.7 Å². The molecule has 1 heterocycles. The number of aliphatic hydroxyl groups is 1. The van der Waals surface area contributed by atoms with E-state index in [2.05, 4.69) is 22.6 Å². The largest absolute Gasteiger partial charge is 0.375 e. The quantitative estimate of drug-likeness (QED) is 0.331. The number of carbonyl (C=O) groups is 2. The van der Waals surface area contributed by atoms with E-state index in [1.54, 1.807) is 42.5 Å². The monoisotopic (exact) mass is 551 g/mol. The highest BCUT2D eigenvalue weighted by Gasteiger charge is 2.51. The van der Waals surface area contributed by atoms with E-state index in [1.165, 1.54) is 4.90 Å². The van der Waals surface area contributed by atoms with Crippen molar-refractivity contribution < 1.29 is 14.7 Å². The van der Waals surface area contributed by atoms with Crippen LogP contribution >= 0.6 is 45.8 Å². The highest BCUT2D eigenvalue weighted by molar-refractivity contribution is 14.1. The molecule has 1 N–H and O–H groups in total. The molecule has 0 aromatic heterocycles. The van der Waals surface area contributed by atoms with Crippen LogP contribution in [0.15, 0.2) is 66.7 Å². The molecule has 0 saturated heterocycles. The molecule has 0 fully saturated rings. The Morgan fingerprint density at radius 3 is 2.27 bits per heavy atom. The van der Waals surface area contributed by atoms with Gasteiger partial charge in [0.25, 0.3) is 5.91 Å². The number of amides is 1. The van der Waals surface area contributed by atoms with Crippen LogP contribution < -0.4 is 4.90 Å². The fourth-order valence-corrected chi connectivity index (χ4v) is 4.25. The minimum atomic E-state index is -1.98. The smallest absolute Gasteiger partial charge is 0.264 e. The summed E-state index contributed by atoms with van der Waals surface area (Å²) >= 11 is 14.3. The molecule has 1 amide bonds. The van der Waals surface area contributed by atoms with Gasteiger partial charge in [0.1, 0.15) is 0 Å². The number of benzene rings is 3. The van der Waals surface area contributed by atoms with Crippen molar-refractivity contribution >= 4 is 63.2 Å². The molecule has 1 atom stereocenters. The summed E-state index contributed by atoms with van der Waals surface area (Å²) in [6, 6.07) is 19.0. The summed E-state index contributed by atoms with van der Waals surface area (Å²) in [5, 5.41) is 12.4. The number of Topliss-reactive ketones (excluding diaryl/α,β-unsaturated/α-hetero) is 1. The third-order valence-corrected chi connectivity index (χ3v) is 6.34. The van der Waals surface area contributed by atoms with Crippen LogP contribution in [0, 0.1) is 3.57 Å². The number of ketones is 1. The average Bonchev–Trinajstić information content (AvgIpc) is 2.91. The lowest BCUT2D eigenvalue weighted by Crippen LogP contribution is -2.41. The van der Waals surface area contributed by atoms with Crippen molar-refractivity contribution in [3.63, 3.8) is 0 Å². The maximum atomic E-state index is 13.3. The topological polar surface area (TPSA) is 57.6 Å². The second kappa shape index (κ2) is 8.30. The van der Waals surface area contributed by atoms with E-state index >= 15 is 0 Å². The van der Waals surface area contributed by atoms with Crippen LogP contribution in [-0.2, 0) is 16.9 Å². The molecule has 0 spiro atoms. The number of halogens is 3. The van der Waals surface area contributed by atoms with E-state index in [-0.39, 0.29) is 18.7 Å². The van der Waals surface area contributed by atoms with Gasteiger partial charge in [0.15, 0.2) is 11.4 Å². The first-order chi connectivity index (χ1) is 14.3. The molecule has 3 aromatic carbocycles. The van der Waals surface area contributed by atoms with Crippen molar-refractivity contribution in [2.24, 2.45) is 0 Å². The number of anilines is 1. The minimum Gasteiger partial charge on any atom is -0.375 e. The van der Waals surface area contributed by atoms with Gasteiger partial charge >= 0.3 is 0 Å². The molecule has 0 unspecified atom stereocenters. The van der Waals surface area contributed by atoms with Crippen LogP contribution in [0.3, 0.4) is 0 Å². The van der Waals surface area contributed by atoms with E-state index in [0.717, 1.165) is 9.13 Å². The standard InChI is InChI=1S/C23H16Cl2INO3/c24-16-5-1-14(2-6-16)13-27-20-10-7-17(25)11-19(20)23(30,22(27)29)12-21(28)15-3-8-18(26)9-4-15/h1-11,30H,12-13H2/t23-/m1/s1. The molecule has 0 radical (unpaired) electrons. The Labute approximate surface area is 197 Å². The Kier molecular flexibility index (Phi) is 5.90. The van der Waals surface area contributed by atoms with Gasteiger partial charge in [-0.15, -0.1) is 0 Å². The highest BCUT2D eigenvalue weighted by atomic mass is 127. The lowest BCUT2D eigenvalue weighted by Gasteiger charge is -2.23. The lowest BCUT2D eigenvalue weighted by molar-refractivity contribution is -0.136. The van der Waals surface area contributed by atoms with Crippen LogP contribution in [0.25, 0.3) is 0 Å². The molecule has 3 aromatic rings. The zero-order valence-electron chi connectivity index (χ0n) is 15.6. The molecule has 4 nitrogen and oxygen atoms in total. The summed E-state index contributed by atoms with van der Waals surface area (Å²) in [5.74, 6) is -0.866. The molecule has 0 aliphatic carbocycles. The summed E-state index contributed by atoms with van der Waals surface area (Å²) in [6.07, 6.45) is -0.364. The van der Waals surface area contributed by atoms with Gasteiger partial charge in [-0.3, -0.25) is 9.59 Å². The summed E-state index contributed by atoms with van der Waals surface area (Å²) in [5.41, 5.74) is 0.190. The first-order valence-corrected chi connectivity index (χ1v) is 11.0. The minimum absolute atomic E-state index is 0.241. The van der Waals surface area contributed by atoms with E-state index in [4.69, 9.17) is 23.2 Å². The summed E-state index contributed by atoms with van der Waals surface area (Å²) < 4.78 is 0.992. The number of rotatable bonds is 5. The predicted octanol–water partition coefficient (Wildman–Crippen LogP) is 5.61. The van der Waals surface area contributed by atoms with Gasteiger partial charge in [0, 0.05) is 24.7 Å². The van der Waals surface area contributed by atoms with Crippen molar-refractivity contribution in [2.75, 3.05) is 4.90 Å². The fourth-order valence-electron chi connectivity index (χ4n) is 3.59. The van der Waals surface area contributed by atoms with Crippen LogP contribution in [0.2, 0.25) is 10.0 Å². The van der Waals surface area contributed by atoms with Crippen LogP contribution in [-0.4, -0.2) is 16.8 Å². The van der Waals surface area contributed by atoms with E-state index in [0.29, 0.717) is 26.9 Å². The van der Waals surface area contributed by atoms with Gasteiger partial charge in [-0.2, -0.15) is 0 Å². The first kappa shape index (κ1) is 21.3. The third-order valence-electron chi connectivity index (χ3n) is 5.13. The third kappa shape index (κ3) is 3.99. The molecular formula is C23H16Cl2INO3. The first-order valence-electron chi connectivity index (χ1n) is 9.15. The van der Waals surface area contributed by atoms with E-state index < -0.39 is 11.5 Å². The lowest BCUT2D eigenvalue weighted by atomic mass is 9.88. The molecule has 0 bridgehead atoms. The van der Waals surface area contributed by atoms with Crippen molar-refractivity contribution in [2.45, 2.75) is 18.6 Å². The van der Waals surface area contributed by atoms with E-state index in [1.807, 2.05) is 24.3 Å². The highest BCUT2D eigenvalue weighted by Crippen LogP contribution is 2.44. The maximum absolute atomic E-state index is 13.3. The average molecular weight is 552 g/mol. The van der Waals surface area contributed by atoms with E-state index in [9.17, 15) is 14.7 Å². The van der Waals surface area contributed by atoms with Crippen LogP contribution in [0.1, 0.15) is 27.9 Å². The normalized spacial score (nSPS) is 17.9. The second-order valence-corrected chi connectivity index (χ2v) is 9.26. The number of fused-ring (bicyclic) bond motifs is 1. The van der Waals surface area contributed by atoms with Crippen LogP contribution in [0.4, 0.5) is 5.69 Å². The fraction of sp³-hybridized carbons (Fsp3) is 0.130. The molecule has 7 heteroatoms. The maximum Gasteiger partial charge on any atom is 0.264 e. The van der Waals surface area contributed by atoms with Gasteiger partial charge < -0.3 is 10.0 Å². The van der Waals surface area contributed by atoms with Crippen LogP contribution in [0.5, 0.6) is 0 Å². The number of hydrogen-bond acceptors (Lipinski definition) is 3. The Balaban J connectivity index is 1.70. The van der Waals surface area contributed by atoms with Crippen molar-refractivity contribution in [1.82, 2.24) is 0 Å². The molecule has 1 aliphatic rings. The molecule has 4 rings (SSSR count). The molecule has 0 saturated carbocycles.